The van der Waals surface area contributed by atoms with Crippen molar-refractivity contribution in [2.75, 3.05) is 13.2 Å². The highest BCUT2D eigenvalue weighted by atomic mass is 19.1. The van der Waals surface area contributed by atoms with Crippen molar-refractivity contribution in [1.29, 1.82) is 0 Å². The lowest BCUT2D eigenvalue weighted by molar-refractivity contribution is 0.0597. The van der Waals surface area contributed by atoms with Crippen LogP contribution < -0.4 is 5.56 Å². The lowest BCUT2D eigenvalue weighted by Gasteiger charge is -2.22. The average Bonchev–Trinajstić information content (AvgIpc) is 2.51. The summed E-state index contributed by atoms with van der Waals surface area (Å²) in [7, 11) is 0. The molecule has 1 saturated heterocycles. The van der Waals surface area contributed by atoms with Gasteiger partial charge in [-0.2, -0.15) is 5.10 Å². The summed E-state index contributed by atoms with van der Waals surface area (Å²) in [5, 5.41) is 4.41. The van der Waals surface area contributed by atoms with E-state index in [0.29, 0.717) is 18.2 Å². The van der Waals surface area contributed by atoms with E-state index < -0.39 is 0 Å². The molecule has 0 N–H and O–H groups in total. The minimum Gasteiger partial charge on any atom is -0.381 e. The fraction of sp³-hybridized carbons (Fsp3) is 0.375. The summed E-state index contributed by atoms with van der Waals surface area (Å²) < 4.78 is 19.8. The van der Waals surface area contributed by atoms with E-state index in [1.165, 1.54) is 22.9 Å². The van der Waals surface area contributed by atoms with Gasteiger partial charge in [-0.05, 0) is 49.1 Å². The second-order valence-electron chi connectivity index (χ2n) is 5.30. The summed E-state index contributed by atoms with van der Waals surface area (Å²) in [5.41, 5.74) is 1.38. The zero-order chi connectivity index (χ0) is 14.7. The largest absolute Gasteiger partial charge is 0.381 e. The minimum atomic E-state index is -0.283. The summed E-state index contributed by atoms with van der Waals surface area (Å²) >= 11 is 0. The van der Waals surface area contributed by atoms with Gasteiger partial charge in [0.25, 0.3) is 5.56 Å². The van der Waals surface area contributed by atoms with Crippen LogP contribution in [0.5, 0.6) is 0 Å². The molecule has 0 unspecified atom stereocenters. The maximum absolute atomic E-state index is 13.0. The number of benzene rings is 1. The number of nitrogens with zero attached hydrogens (tertiary/aromatic N) is 2. The first kappa shape index (κ1) is 13.9. The third-order valence-corrected chi connectivity index (χ3v) is 3.78. The topological polar surface area (TPSA) is 44.1 Å². The summed E-state index contributed by atoms with van der Waals surface area (Å²) in [6.45, 7) is 2.10. The zero-order valence-corrected chi connectivity index (χ0v) is 11.7. The predicted molar refractivity (Wildman–Crippen MR) is 77.4 cm³/mol. The van der Waals surface area contributed by atoms with Crippen molar-refractivity contribution in [3.63, 3.8) is 0 Å². The first-order valence-corrected chi connectivity index (χ1v) is 7.14. The fourth-order valence-corrected chi connectivity index (χ4v) is 2.53. The van der Waals surface area contributed by atoms with Crippen molar-refractivity contribution in [2.45, 2.75) is 19.4 Å². The third kappa shape index (κ3) is 3.36. The van der Waals surface area contributed by atoms with E-state index in [4.69, 9.17) is 4.74 Å². The molecule has 0 aliphatic carbocycles. The molecule has 1 fully saturated rings. The fourth-order valence-electron chi connectivity index (χ4n) is 2.53. The predicted octanol–water partition coefficient (Wildman–Crippen LogP) is 2.48. The number of aromatic nitrogens is 2. The lowest BCUT2D eigenvalue weighted by Crippen LogP contribution is -2.29. The SMILES string of the molecule is O=c1ccc(-c2ccc(F)cc2)nn1CC1CCOCC1. The lowest BCUT2D eigenvalue weighted by atomic mass is 10.0. The van der Waals surface area contributed by atoms with Crippen LogP contribution in [0.3, 0.4) is 0 Å². The van der Waals surface area contributed by atoms with Gasteiger partial charge in [-0.1, -0.05) is 0 Å². The normalized spacial score (nSPS) is 16.0. The molecule has 1 aromatic heterocycles. The van der Waals surface area contributed by atoms with Crippen LogP contribution in [0.1, 0.15) is 12.8 Å². The molecule has 1 aliphatic rings. The van der Waals surface area contributed by atoms with Crippen molar-refractivity contribution in [3.8, 4) is 11.3 Å². The van der Waals surface area contributed by atoms with E-state index in [2.05, 4.69) is 5.10 Å². The van der Waals surface area contributed by atoms with Crippen LogP contribution in [0.2, 0.25) is 0 Å². The zero-order valence-electron chi connectivity index (χ0n) is 11.7. The van der Waals surface area contributed by atoms with Gasteiger partial charge in [-0.25, -0.2) is 9.07 Å². The molecule has 0 radical (unpaired) electrons. The molecule has 0 spiro atoms. The number of rotatable bonds is 3. The Balaban J connectivity index is 1.85. The highest BCUT2D eigenvalue weighted by Gasteiger charge is 2.15. The Hall–Kier alpha value is -2.01. The molecule has 21 heavy (non-hydrogen) atoms. The van der Waals surface area contributed by atoms with Gasteiger partial charge in [0.2, 0.25) is 0 Å². The molecule has 1 aromatic carbocycles. The molecular weight excluding hydrogens is 271 g/mol. The van der Waals surface area contributed by atoms with E-state index in [1.54, 1.807) is 18.2 Å². The Morgan fingerprint density at radius 1 is 1.14 bits per heavy atom. The van der Waals surface area contributed by atoms with Crippen LogP contribution in [0.25, 0.3) is 11.3 Å². The quantitative estimate of drug-likeness (QED) is 0.871. The molecule has 3 rings (SSSR count). The van der Waals surface area contributed by atoms with Crippen molar-refractivity contribution >= 4 is 0 Å². The van der Waals surface area contributed by atoms with Crippen molar-refractivity contribution in [2.24, 2.45) is 5.92 Å². The van der Waals surface area contributed by atoms with E-state index in [1.807, 2.05) is 0 Å². The smallest absolute Gasteiger partial charge is 0.266 e. The molecular formula is C16H17FN2O2. The van der Waals surface area contributed by atoms with Gasteiger partial charge in [-0.15, -0.1) is 0 Å². The Morgan fingerprint density at radius 2 is 1.86 bits per heavy atom. The van der Waals surface area contributed by atoms with Crippen LogP contribution in [-0.2, 0) is 11.3 Å². The van der Waals surface area contributed by atoms with Gasteiger partial charge in [0.15, 0.2) is 0 Å². The van der Waals surface area contributed by atoms with Gasteiger partial charge in [0.1, 0.15) is 5.82 Å². The number of hydrogen-bond donors (Lipinski definition) is 0. The Morgan fingerprint density at radius 3 is 2.57 bits per heavy atom. The van der Waals surface area contributed by atoms with Crippen LogP contribution in [-0.4, -0.2) is 23.0 Å². The van der Waals surface area contributed by atoms with E-state index in [0.717, 1.165) is 31.6 Å². The molecule has 2 aromatic rings. The molecule has 5 heteroatoms. The van der Waals surface area contributed by atoms with Crippen LogP contribution in [0.15, 0.2) is 41.2 Å². The summed E-state index contributed by atoms with van der Waals surface area (Å²) in [4.78, 5) is 11.9. The maximum Gasteiger partial charge on any atom is 0.266 e. The first-order valence-electron chi connectivity index (χ1n) is 7.14. The van der Waals surface area contributed by atoms with Crippen molar-refractivity contribution < 1.29 is 9.13 Å². The molecule has 0 atom stereocenters. The highest BCUT2D eigenvalue weighted by molar-refractivity contribution is 5.57. The minimum absolute atomic E-state index is 0.104. The second-order valence-corrected chi connectivity index (χ2v) is 5.30. The molecule has 0 saturated carbocycles. The van der Waals surface area contributed by atoms with Gasteiger partial charge >= 0.3 is 0 Å². The molecule has 4 nitrogen and oxygen atoms in total. The maximum atomic E-state index is 13.0. The first-order chi connectivity index (χ1) is 10.2. The van der Waals surface area contributed by atoms with Gasteiger partial charge in [0, 0.05) is 31.4 Å². The molecule has 1 aliphatic heterocycles. The Kier molecular flexibility index (Phi) is 4.10. The summed E-state index contributed by atoms with van der Waals surface area (Å²) in [6.07, 6.45) is 1.91. The Bertz CT molecular complexity index is 661. The van der Waals surface area contributed by atoms with Gasteiger partial charge in [0.05, 0.1) is 5.69 Å². The molecule has 0 bridgehead atoms. The van der Waals surface area contributed by atoms with E-state index >= 15 is 0 Å². The van der Waals surface area contributed by atoms with Crippen molar-refractivity contribution in [3.05, 3.63) is 52.6 Å². The highest BCUT2D eigenvalue weighted by Crippen LogP contribution is 2.18. The molecule has 0 amide bonds. The second kappa shape index (κ2) is 6.18. The molecule has 2 heterocycles. The van der Waals surface area contributed by atoms with Crippen molar-refractivity contribution in [1.82, 2.24) is 9.78 Å². The standard InChI is InChI=1S/C16H17FN2O2/c17-14-3-1-13(2-4-14)15-5-6-16(20)19(18-15)11-12-7-9-21-10-8-12/h1-6,12H,7-11H2. The monoisotopic (exact) mass is 288 g/mol. The van der Waals surface area contributed by atoms with Gasteiger partial charge in [-0.3, -0.25) is 4.79 Å². The average molecular weight is 288 g/mol. The number of ether oxygens (including phenoxy) is 1. The van der Waals surface area contributed by atoms with Crippen LogP contribution in [0, 0.1) is 11.7 Å². The van der Waals surface area contributed by atoms with E-state index in [9.17, 15) is 9.18 Å². The summed E-state index contributed by atoms with van der Waals surface area (Å²) in [5.74, 6) is 0.140. The van der Waals surface area contributed by atoms with Gasteiger partial charge < -0.3 is 4.74 Å². The Labute approximate surface area is 122 Å². The number of hydrogen-bond acceptors (Lipinski definition) is 3. The molecule has 110 valence electrons. The van der Waals surface area contributed by atoms with Crippen LogP contribution in [0.4, 0.5) is 4.39 Å². The third-order valence-electron chi connectivity index (χ3n) is 3.78. The van der Waals surface area contributed by atoms with E-state index in [-0.39, 0.29) is 11.4 Å². The summed E-state index contributed by atoms with van der Waals surface area (Å²) in [6, 6.07) is 9.32. The number of halogens is 1. The van der Waals surface area contributed by atoms with Crippen LogP contribution >= 0.6 is 0 Å².